The van der Waals surface area contributed by atoms with Gasteiger partial charge in [0.15, 0.2) is 0 Å². The summed E-state index contributed by atoms with van der Waals surface area (Å²) in [6.07, 6.45) is 0. The summed E-state index contributed by atoms with van der Waals surface area (Å²) in [5.74, 6) is 0. The van der Waals surface area contributed by atoms with Gasteiger partial charge in [-0.1, -0.05) is 115 Å². The molecule has 9 aromatic carbocycles. The molecule has 0 bridgehead atoms. The van der Waals surface area contributed by atoms with Gasteiger partial charge in [-0.2, -0.15) is 0 Å². The third-order valence-electron chi connectivity index (χ3n) is 11.3. The molecule has 12 rings (SSSR count). The summed E-state index contributed by atoms with van der Waals surface area (Å²) in [4.78, 5) is 0. The molecule has 0 radical (unpaired) electrons. The standard InChI is InChI=1S/C50H30N2O/c1-2-11-33-27-36(21-17-31(33)9-1)51-45-15-7-5-13-39(45)42-28-34(19-24-46(42)51)35-20-25-47-43(29-35)41-23-18-32-10-3-4-12-38(32)50(41)52(47)37-22-26-49-44(30-37)40-14-6-8-16-48(40)53-49/h1-30H. The van der Waals surface area contributed by atoms with E-state index in [4.69, 9.17) is 4.42 Å². The number of fused-ring (bicyclic) bond motifs is 12. The Labute approximate surface area is 304 Å². The molecule has 0 N–H and O–H groups in total. The number of para-hydroxylation sites is 2. The van der Waals surface area contributed by atoms with Crippen LogP contribution in [0.2, 0.25) is 0 Å². The number of hydrogen-bond acceptors (Lipinski definition) is 1. The van der Waals surface area contributed by atoms with Crippen LogP contribution in [-0.2, 0) is 0 Å². The first-order valence-electron chi connectivity index (χ1n) is 18.2. The highest BCUT2D eigenvalue weighted by molar-refractivity contribution is 6.20. The van der Waals surface area contributed by atoms with E-state index in [1.807, 2.05) is 12.1 Å². The second kappa shape index (κ2) is 10.7. The average Bonchev–Trinajstić information content (AvgIpc) is 3.87. The molecule has 3 heteroatoms. The highest BCUT2D eigenvalue weighted by Crippen LogP contribution is 2.41. The fraction of sp³-hybridized carbons (Fsp3) is 0. The summed E-state index contributed by atoms with van der Waals surface area (Å²) >= 11 is 0. The van der Waals surface area contributed by atoms with Crippen molar-refractivity contribution in [2.24, 2.45) is 0 Å². The van der Waals surface area contributed by atoms with E-state index < -0.39 is 0 Å². The Hall–Kier alpha value is -7.10. The van der Waals surface area contributed by atoms with Crippen molar-refractivity contribution in [3.8, 4) is 22.5 Å². The van der Waals surface area contributed by atoms with Crippen LogP contribution in [-0.4, -0.2) is 9.13 Å². The van der Waals surface area contributed by atoms with Gasteiger partial charge in [0, 0.05) is 49.1 Å². The molecule has 3 aromatic heterocycles. The predicted octanol–water partition coefficient (Wildman–Crippen LogP) is 13.8. The lowest BCUT2D eigenvalue weighted by Gasteiger charge is -2.11. The number of rotatable bonds is 3. The highest BCUT2D eigenvalue weighted by Gasteiger charge is 2.19. The Morgan fingerprint density at radius 1 is 0.302 bits per heavy atom. The molecule has 0 fully saturated rings. The molecule has 0 spiro atoms. The summed E-state index contributed by atoms with van der Waals surface area (Å²) < 4.78 is 11.1. The van der Waals surface area contributed by atoms with Gasteiger partial charge in [-0.3, -0.25) is 0 Å². The van der Waals surface area contributed by atoms with Crippen LogP contribution in [0, 0.1) is 0 Å². The van der Waals surface area contributed by atoms with Crippen molar-refractivity contribution in [1.82, 2.24) is 9.13 Å². The van der Waals surface area contributed by atoms with Gasteiger partial charge >= 0.3 is 0 Å². The van der Waals surface area contributed by atoms with E-state index >= 15 is 0 Å². The summed E-state index contributed by atoms with van der Waals surface area (Å²) in [6.45, 7) is 0. The van der Waals surface area contributed by atoms with Crippen LogP contribution in [0.4, 0.5) is 0 Å². The van der Waals surface area contributed by atoms with Gasteiger partial charge in [-0.05, 0) is 94.0 Å². The topological polar surface area (TPSA) is 23.0 Å². The highest BCUT2D eigenvalue weighted by atomic mass is 16.3. The van der Waals surface area contributed by atoms with Crippen molar-refractivity contribution in [2.75, 3.05) is 0 Å². The van der Waals surface area contributed by atoms with Gasteiger partial charge < -0.3 is 13.6 Å². The first-order chi connectivity index (χ1) is 26.3. The monoisotopic (exact) mass is 674 g/mol. The second-order valence-corrected chi connectivity index (χ2v) is 14.1. The summed E-state index contributed by atoms with van der Waals surface area (Å²) in [5, 5.41) is 12.2. The number of benzene rings is 9. The smallest absolute Gasteiger partial charge is 0.135 e. The largest absolute Gasteiger partial charge is 0.456 e. The Kier molecular flexibility index (Phi) is 5.77. The molecule has 12 aromatic rings. The van der Waals surface area contributed by atoms with E-state index in [1.54, 1.807) is 0 Å². The molecule has 3 heterocycles. The fourth-order valence-corrected chi connectivity index (χ4v) is 8.83. The predicted molar refractivity (Wildman–Crippen MR) is 223 cm³/mol. The lowest BCUT2D eigenvalue weighted by molar-refractivity contribution is 0.669. The quantitative estimate of drug-likeness (QED) is 0.183. The van der Waals surface area contributed by atoms with Gasteiger partial charge in [0.2, 0.25) is 0 Å². The van der Waals surface area contributed by atoms with Crippen molar-refractivity contribution in [1.29, 1.82) is 0 Å². The first-order valence-corrected chi connectivity index (χ1v) is 18.2. The zero-order chi connectivity index (χ0) is 34.6. The summed E-state index contributed by atoms with van der Waals surface area (Å²) in [5.41, 5.74) is 11.3. The molecule has 53 heavy (non-hydrogen) atoms. The third kappa shape index (κ3) is 4.10. The van der Waals surface area contributed by atoms with Crippen molar-refractivity contribution in [2.45, 2.75) is 0 Å². The van der Waals surface area contributed by atoms with Gasteiger partial charge in [0.05, 0.1) is 22.1 Å². The van der Waals surface area contributed by atoms with Gasteiger partial charge in [-0.15, -0.1) is 0 Å². The van der Waals surface area contributed by atoms with E-state index in [-0.39, 0.29) is 0 Å². The minimum Gasteiger partial charge on any atom is -0.456 e. The molecule has 0 aliphatic carbocycles. The van der Waals surface area contributed by atoms with E-state index in [9.17, 15) is 0 Å². The van der Waals surface area contributed by atoms with Crippen molar-refractivity contribution in [3.05, 3.63) is 182 Å². The molecule has 0 atom stereocenters. The van der Waals surface area contributed by atoms with Crippen LogP contribution in [0.1, 0.15) is 0 Å². The van der Waals surface area contributed by atoms with E-state index in [0.29, 0.717) is 0 Å². The lowest BCUT2D eigenvalue weighted by atomic mass is 10.00. The van der Waals surface area contributed by atoms with Crippen LogP contribution in [0.3, 0.4) is 0 Å². The van der Waals surface area contributed by atoms with Crippen LogP contribution >= 0.6 is 0 Å². The molecule has 0 saturated heterocycles. The maximum atomic E-state index is 6.22. The van der Waals surface area contributed by atoms with E-state index in [2.05, 4.69) is 179 Å². The van der Waals surface area contributed by atoms with Crippen molar-refractivity contribution in [3.63, 3.8) is 0 Å². The Balaban J connectivity index is 1.08. The fourth-order valence-electron chi connectivity index (χ4n) is 8.83. The lowest BCUT2D eigenvalue weighted by Crippen LogP contribution is -1.94. The number of furan rings is 1. The van der Waals surface area contributed by atoms with Crippen molar-refractivity contribution >= 4 is 87.1 Å². The number of aromatic nitrogens is 2. The SMILES string of the molecule is c1ccc2cc(-n3c4ccccc4c4cc(-c5ccc6c(c5)c5ccc7ccccc7c5n6-c5ccc6oc7ccccc7c6c5)ccc43)ccc2c1. The molecule has 0 amide bonds. The zero-order valence-electron chi connectivity index (χ0n) is 28.6. The van der Waals surface area contributed by atoms with Crippen LogP contribution < -0.4 is 0 Å². The number of nitrogens with zero attached hydrogens (tertiary/aromatic N) is 2. The molecular formula is C50H30N2O. The maximum Gasteiger partial charge on any atom is 0.135 e. The van der Waals surface area contributed by atoms with E-state index in [1.165, 1.54) is 82.0 Å². The molecular weight excluding hydrogens is 645 g/mol. The van der Waals surface area contributed by atoms with Gasteiger partial charge in [0.25, 0.3) is 0 Å². The minimum atomic E-state index is 0.903. The average molecular weight is 675 g/mol. The first kappa shape index (κ1) is 28.6. The molecule has 0 unspecified atom stereocenters. The van der Waals surface area contributed by atoms with E-state index in [0.717, 1.165) is 27.6 Å². The second-order valence-electron chi connectivity index (χ2n) is 14.1. The molecule has 0 aliphatic heterocycles. The normalized spacial score (nSPS) is 12.2. The Bertz CT molecular complexity index is 3470. The molecule has 0 aliphatic rings. The van der Waals surface area contributed by atoms with Crippen LogP contribution in [0.15, 0.2) is 186 Å². The zero-order valence-corrected chi connectivity index (χ0v) is 28.6. The Morgan fingerprint density at radius 2 is 0.887 bits per heavy atom. The van der Waals surface area contributed by atoms with Crippen LogP contribution in [0.25, 0.3) is 110 Å². The van der Waals surface area contributed by atoms with Gasteiger partial charge in [0.1, 0.15) is 11.2 Å². The maximum absolute atomic E-state index is 6.22. The number of hydrogen-bond donors (Lipinski definition) is 0. The summed E-state index contributed by atoms with van der Waals surface area (Å²) in [6, 6.07) is 66.2. The third-order valence-corrected chi connectivity index (χ3v) is 11.3. The molecule has 246 valence electrons. The Morgan fingerprint density at radius 3 is 1.74 bits per heavy atom. The minimum absolute atomic E-state index is 0.903. The van der Waals surface area contributed by atoms with Crippen LogP contribution in [0.5, 0.6) is 0 Å². The molecule has 3 nitrogen and oxygen atoms in total. The molecule has 0 saturated carbocycles. The van der Waals surface area contributed by atoms with Gasteiger partial charge in [-0.25, -0.2) is 0 Å². The van der Waals surface area contributed by atoms with Crippen molar-refractivity contribution < 1.29 is 4.42 Å². The summed E-state index contributed by atoms with van der Waals surface area (Å²) in [7, 11) is 0.